The second kappa shape index (κ2) is 8.74. The minimum absolute atomic E-state index is 0.137. The Labute approximate surface area is 178 Å². The van der Waals surface area contributed by atoms with Gasteiger partial charge < -0.3 is 10.2 Å². The number of hydrogen-bond donors (Lipinski definition) is 1. The van der Waals surface area contributed by atoms with Gasteiger partial charge in [-0.25, -0.2) is 0 Å². The van der Waals surface area contributed by atoms with Crippen LogP contribution < -0.4 is 5.32 Å². The summed E-state index contributed by atoms with van der Waals surface area (Å²) in [6.45, 7) is 0.947. The molecule has 0 saturated carbocycles. The number of benzene rings is 2. The van der Waals surface area contributed by atoms with Gasteiger partial charge in [-0.3, -0.25) is 24.7 Å². The fourth-order valence-electron chi connectivity index (χ4n) is 3.64. The number of aromatic nitrogens is 1. The first-order valence-electron chi connectivity index (χ1n) is 9.88. The molecule has 0 bridgehead atoms. The van der Waals surface area contributed by atoms with E-state index < -0.39 is 4.92 Å². The van der Waals surface area contributed by atoms with Crippen molar-refractivity contribution in [1.29, 1.82) is 0 Å². The molecule has 8 heteroatoms. The Morgan fingerprint density at radius 1 is 1.03 bits per heavy atom. The molecule has 31 heavy (non-hydrogen) atoms. The van der Waals surface area contributed by atoms with Crippen molar-refractivity contribution in [3.05, 3.63) is 99.9 Å². The summed E-state index contributed by atoms with van der Waals surface area (Å²) in [4.78, 5) is 42.1. The van der Waals surface area contributed by atoms with E-state index in [-0.39, 0.29) is 29.0 Å². The number of nitrogens with zero attached hydrogens (tertiary/aromatic N) is 3. The lowest BCUT2D eigenvalue weighted by Gasteiger charge is -2.17. The Bertz CT molecular complexity index is 1120. The van der Waals surface area contributed by atoms with E-state index in [9.17, 15) is 19.7 Å². The van der Waals surface area contributed by atoms with E-state index in [1.165, 1.54) is 6.07 Å². The van der Waals surface area contributed by atoms with Crippen LogP contribution in [0.1, 0.15) is 32.8 Å². The third kappa shape index (κ3) is 4.42. The Morgan fingerprint density at radius 2 is 1.81 bits per heavy atom. The molecule has 2 heterocycles. The molecule has 1 aromatic heterocycles. The zero-order chi connectivity index (χ0) is 21.8. The number of anilines is 1. The van der Waals surface area contributed by atoms with Gasteiger partial charge in [0.1, 0.15) is 11.4 Å². The number of nitro benzene ring substituents is 1. The van der Waals surface area contributed by atoms with Crippen LogP contribution in [-0.2, 0) is 0 Å². The highest BCUT2D eigenvalue weighted by atomic mass is 16.6. The number of nitrogens with one attached hydrogen (secondary N) is 1. The monoisotopic (exact) mass is 416 g/mol. The molecule has 1 amide bonds. The van der Waals surface area contributed by atoms with Gasteiger partial charge in [0, 0.05) is 42.5 Å². The molecule has 156 valence electrons. The van der Waals surface area contributed by atoms with Gasteiger partial charge >= 0.3 is 0 Å². The Kier molecular flexibility index (Phi) is 5.70. The summed E-state index contributed by atoms with van der Waals surface area (Å²) < 4.78 is 0. The van der Waals surface area contributed by atoms with Crippen molar-refractivity contribution in [3.8, 4) is 0 Å². The van der Waals surface area contributed by atoms with Crippen molar-refractivity contribution < 1.29 is 14.5 Å². The van der Waals surface area contributed by atoms with E-state index in [0.717, 1.165) is 0 Å². The number of pyridine rings is 1. The van der Waals surface area contributed by atoms with Gasteiger partial charge in [-0.15, -0.1) is 0 Å². The third-order valence-electron chi connectivity index (χ3n) is 5.21. The van der Waals surface area contributed by atoms with Crippen LogP contribution in [0.3, 0.4) is 0 Å². The van der Waals surface area contributed by atoms with E-state index in [1.807, 2.05) is 0 Å². The number of amides is 1. The molecule has 1 aliphatic heterocycles. The van der Waals surface area contributed by atoms with E-state index in [4.69, 9.17) is 0 Å². The number of nitro groups is 1. The SMILES string of the molecule is O=C(c1ccccc1)c1ccc(N[C@@H]2CCN(C(=O)c3ccccn3)C2)c([N+](=O)[O-])c1. The Hall–Kier alpha value is -4.07. The first-order valence-corrected chi connectivity index (χ1v) is 9.88. The normalized spacial score (nSPS) is 15.5. The molecule has 1 fully saturated rings. The molecule has 0 radical (unpaired) electrons. The second-order valence-corrected chi connectivity index (χ2v) is 7.28. The molecule has 1 atom stereocenters. The molecule has 1 N–H and O–H groups in total. The van der Waals surface area contributed by atoms with Gasteiger partial charge in [0.05, 0.1) is 4.92 Å². The highest BCUT2D eigenvalue weighted by molar-refractivity contribution is 6.09. The standard InChI is InChI=1S/C23H20N4O4/c28-22(16-6-2-1-3-7-16)17-9-10-19(21(14-17)27(30)31)25-18-11-13-26(15-18)23(29)20-8-4-5-12-24-20/h1-10,12,14,18,25H,11,13,15H2/t18-/m1/s1. The summed E-state index contributed by atoms with van der Waals surface area (Å²) in [5.41, 5.74) is 1.25. The maximum absolute atomic E-state index is 12.6. The average Bonchev–Trinajstić information content (AvgIpc) is 3.28. The van der Waals surface area contributed by atoms with Gasteiger partial charge in [0.25, 0.3) is 11.6 Å². The van der Waals surface area contributed by atoms with Crippen LogP contribution in [0.25, 0.3) is 0 Å². The highest BCUT2D eigenvalue weighted by Gasteiger charge is 2.29. The minimum atomic E-state index is -0.504. The third-order valence-corrected chi connectivity index (χ3v) is 5.21. The molecular weight excluding hydrogens is 396 g/mol. The number of carbonyl (C=O) groups is 2. The number of rotatable bonds is 6. The van der Waals surface area contributed by atoms with Crippen LogP contribution in [-0.4, -0.2) is 45.6 Å². The molecule has 0 unspecified atom stereocenters. The molecule has 4 rings (SSSR count). The summed E-state index contributed by atoms with van der Waals surface area (Å²) in [6.07, 6.45) is 2.22. The fourth-order valence-corrected chi connectivity index (χ4v) is 3.64. The molecule has 0 spiro atoms. The zero-order valence-corrected chi connectivity index (χ0v) is 16.6. The summed E-state index contributed by atoms with van der Waals surface area (Å²) in [5.74, 6) is -0.438. The van der Waals surface area contributed by atoms with Crippen LogP contribution in [0, 0.1) is 10.1 Å². The lowest BCUT2D eigenvalue weighted by Crippen LogP contribution is -2.32. The molecular formula is C23H20N4O4. The predicted molar refractivity (Wildman–Crippen MR) is 115 cm³/mol. The molecule has 8 nitrogen and oxygen atoms in total. The quantitative estimate of drug-likeness (QED) is 0.374. The summed E-state index contributed by atoms with van der Waals surface area (Å²) in [5, 5.41) is 14.8. The average molecular weight is 416 g/mol. The smallest absolute Gasteiger partial charge is 0.293 e. The van der Waals surface area contributed by atoms with E-state index >= 15 is 0 Å². The summed E-state index contributed by atoms with van der Waals surface area (Å²) >= 11 is 0. The van der Waals surface area contributed by atoms with E-state index in [0.29, 0.717) is 36.5 Å². The Morgan fingerprint density at radius 3 is 2.52 bits per heavy atom. The number of carbonyl (C=O) groups excluding carboxylic acids is 2. The van der Waals surface area contributed by atoms with Crippen LogP contribution in [0.5, 0.6) is 0 Å². The fraction of sp³-hybridized carbons (Fsp3) is 0.174. The maximum Gasteiger partial charge on any atom is 0.293 e. The first kappa shape index (κ1) is 20.2. The van der Waals surface area contributed by atoms with Crippen molar-refractivity contribution in [3.63, 3.8) is 0 Å². The number of hydrogen-bond acceptors (Lipinski definition) is 6. The zero-order valence-electron chi connectivity index (χ0n) is 16.6. The van der Waals surface area contributed by atoms with Gasteiger partial charge in [-0.05, 0) is 30.7 Å². The van der Waals surface area contributed by atoms with Crippen molar-refractivity contribution in [1.82, 2.24) is 9.88 Å². The molecule has 3 aromatic rings. The van der Waals surface area contributed by atoms with E-state index in [1.54, 1.807) is 71.8 Å². The Balaban J connectivity index is 1.49. The lowest BCUT2D eigenvalue weighted by molar-refractivity contribution is -0.384. The number of ketones is 1. The molecule has 0 aliphatic carbocycles. The highest BCUT2D eigenvalue weighted by Crippen LogP contribution is 2.29. The van der Waals surface area contributed by atoms with Crippen molar-refractivity contribution in [2.45, 2.75) is 12.5 Å². The second-order valence-electron chi connectivity index (χ2n) is 7.28. The van der Waals surface area contributed by atoms with Gasteiger partial charge in [0.15, 0.2) is 5.78 Å². The predicted octanol–water partition coefficient (Wildman–Crippen LogP) is 3.55. The maximum atomic E-state index is 12.6. The van der Waals surface area contributed by atoms with Gasteiger partial charge in [0.2, 0.25) is 0 Å². The van der Waals surface area contributed by atoms with Crippen LogP contribution in [0.15, 0.2) is 72.9 Å². The van der Waals surface area contributed by atoms with Crippen molar-refractivity contribution in [2.24, 2.45) is 0 Å². The molecule has 1 saturated heterocycles. The van der Waals surface area contributed by atoms with Crippen LogP contribution in [0.2, 0.25) is 0 Å². The van der Waals surface area contributed by atoms with Gasteiger partial charge in [-0.1, -0.05) is 36.4 Å². The number of likely N-dealkylation sites (tertiary alicyclic amines) is 1. The lowest BCUT2D eigenvalue weighted by atomic mass is 10.0. The van der Waals surface area contributed by atoms with Crippen LogP contribution in [0.4, 0.5) is 11.4 Å². The van der Waals surface area contributed by atoms with Crippen molar-refractivity contribution >= 4 is 23.1 Å². The summed E-state index contributed by atoms with van der Waals surface area (Å²) in [7, 11) is 0. The largest absolute Gasteiger partial charge is 0.375 e. The first-order chi connectivity index (χ1) is 15.0. The minimum Gasteiger partial charge on any atom is -0.375 e. The van der Waals surface area contributed by atoms with Gasteiger partial charge in [-0.2, -0.15) is 0 Å². The topological polar surface area (TPSA) is 105 Å². The summed E-state index contributed by atoms with van der Waals surface area (Å²) in [6, 6.07) is 18.1. The molecule has 2 aromatic carbocycles. The van der Waals surface area contributed by atoms with Crippen LogP contribution >= 0.6 is 0 Å². The molecule has 1 aliphatic rings. The van der Waals surface area contributed by atoms with Crippen molar-refractivity contribution in [2.75, 3.05) is 18.4 Å². The van der Waals surface area contributed by atoms with E-state index in [2.05, 4.69) is 10.3 Å².